The lowest BCUT2D eigenvalue weighted by atomic mass is 10.1. The van der Waals surface area contributed by atoms with E-state index in [1.165, 1.54) is 0 Å². The molecule has 7 heteroatoms. The van der Waals surface area contributed by atoms with E-state index in [0.29, 0.717) is 13.2 Å². The normalized spacial score (nSPS) is 12.8. The number of ether oxygens (including phenoxy) is 2. The molecular formula is C15H28N4O3. The van der Waals surface area contributed by atoms with Crippen LogP contribution in [-0.4, -0.2) is 47.8 Å². The molecule has 0 aliphatic carbocycles. The van der Waals surface area contributed by atoms with Crippen molar-refractivity contribution in [2.75, 3.05) is 25.6 Å². The summed E-state index contributed by atoms with van der Waals surface area (Å²) in [6, 6.07) is 0.176. The van der Waals surface area contributed by atoms with Crippen molar-refractivity contribution in [3.8, 4) is 0 Å². The maximum absolute atomic E-state index is 11.5. The zero-order valence-corrected chi connectivity index (χ0v) is 14.2. The second-order valence-corrected chi connectivity index (χ2v) is 6.27. The molecule has 0 aromatic carbocycles. The van der Waals surface area contributed by atoms with Crippen LogP contribution in [0.25, 0.3) is 0 Å². The summed E-state index contributed by atoms with van der Waals surface area (Å²) in [4.78, 5) is 11.5. The van der Waals surface area contributed by atoms with E-state index in [-0.39, 0.29) is 12.1 Å². The predicted octanol–water partition coefficient (Wildman–Crippen LogP) is 2.15. The lowest BCUT2D eigenvalue weighted by Crippen LogP contribution is -2.33. The fourth-order valence-electron chi connectivity index (χ4n) is 1.98. The van der Waals surface area contributed by atoms with Crippen LogP contribution in [0.2, 0.25) is 0 Å². The highest BCUT2D eigenvalue weighted by Crippen LogP contribution is 2.10. The minimum absolute atomic E-state index is 0.176. The molecule has 22 heavy (non-hydrogen) atoms. The van der Waals surface area contributed by atoms with Gasteiger partial charge in [0.15, 0.2) is 0 Å². The van der Waals surface area contributed by atoms with E-state index in [1.807, 2.05) is 34.0 Å². The number of nitrogens with zero attached hydrogens (tertiary/aromatic N) is 2. The van der Waals surface area contributed by atoms with Gasteiger partial charge in [0.25, 0.3) is 0 Å². The largest absolute Gasteiger partial charge is 0.444 e. The number of carbonyl (C=O) groups excluding carboxylic acids is 1. The van der Waals surface area contributed by atoms with Crippen LogP contribution in [0, 0.1) is 0 Å². The second-order valence-electron chi connectivity index (χ2n) is 6.27. The minimum atomic E-state index is -0.468. The van der Waals surface area contributed by atoms with E-state index in [0.717, 1.165) is 18.5 Å². The molecule has 1 aromatic heterocycles. The number of hydrogen-bond acceptors (Lipinski definition) is 5. The number of methoxy groups -OCH3 is 1. The fraction of sp³-hybridized carbons (Fsp3) is 0.733. The molecule has 126 valence electrons. The quantitative estimate of drug-likeness (QED) is 0.719. The molecule has 1 rings (SSSR count). The second kappa shape index (κ2) is 8.63. The van der Waals surface area contributed by atoms with Crippen LogP contribution >= 0.6 is 0 Å². The van der Waals surface area contributed by atoms with Crippen molar-refractivity contribution in [3.05, 3.63) is 12.4 Å². The number of hydrogen-bond donors (Lipinski definition) is 2. The van der Waals surface area contributed by atoms with Crippen LogP contribution in [0.1, 0.15) is 33.6 Å². The van der Waals surface area contributed by atoms with Gasteiger partial charge in [-0.1, -0.05) is 0 Å². The summed E-state index contributed by atoms with van der Waals surface area (Å²) in [6.07, 6.45) is 5.03. The number of anilines is 1. The molecule has 1 aromatic rings. The number of alkyl carbamates (subject to hydrolysis) is 1. The molecular weight excluding hydrogens is 284 g/mol. The SMILES string of the molecule is COCC(CCCNC(=O)OC(C)(C)C)Nc1cnn(C)c1. The van der Waals surface area contributed by atoms with Gasteiger partial charge in [-0.2, -0.15) is 5.10 Å². The van der Waals surface area contributed by atoms with Crippen molar-refractivity contribution in [2.45, 2.75) is 45.3 Å². The van der Waals surface area contributed by atoms with Gasteiger partial charge in [0.05, 0.1) is 18.5 Å². The fourth-order valence-corrected chi connectivity index (χ4v) is 1.98. The molecule has 1 unspecified atom stereocenters. The molecule has 0 saturated heterocycles. The van der Waals surface area contributed by atoms with Crippen molar-refractivity contribution in [2.24, 2.45) is 7.05 Å². The molecule has 7 nitrogen and oxygen atoms in total. The first-order valence-corrected chi connectivity index (χ1v) is 7.51. The van der Waals surface area contributed by atoms with Crippen LogP contribution in [-0.2, 0) is 16.5 Å². The lowest BCUT2D eigenvalue weighted by molar-refractivity contribution is 0.0526. The Bertz CT molecular complexity index is 454. The van der Waals surface area contributed by atoms with Crippen LogP contribution in [0.5, 0.6) is 0 Å². The molecule has 0 saturated carbocycles. The number of rotatable bonds is 8. The van der Waals surface area contributed by atoms with E-state index in [9.17, 15) is 4.79 Å². The molecule has 0 fully saturated rings. The summed E-state index contributed by atoms with van der Waals surface area (Å²) >= 11 is 0. The topological polar surface area (TPSA) is 77.4 Å². The maximum Gasteiger partial charge on any atom is 0.407 e. The minimum Gasteiger partial charge on any atom is -0.444 e. The van der Waals surface area contributed by atoms with E-state index < -0.39 is 5.60 Å². The Kier molecular flexibility index (Phi) is 7.17. The molecule has 0 radical (unpaired) electrons. The highest BCUT2D eigenvalue weighted by molar-refractivity contribution is 5.67. The molecule has 1 heterocycles. The Morgan fingerprint density at radius 2 is 2.18 bits per heavy atom. The number of amides is 1. The first-order chi connectivity index (χ1) is 10.3. The first kappa shape index (κ1) is 18.3. The third kappa shape index (κ3) is 7.87. The number of carbonyl (C=O) groups is 1. The average molecular weight is 312 g/mol. The van der Waals surface area contributed by atoms with E-state index >= 15 is 0 Å². The lowest BCUT2D eigenvalue weighted by Gasteiger charge is -2.20. The van der Waals surface area contributed by atoms with Crippen molar-refractivity contribution in [3.63, 3.8) is 0 Å². The van der Waals surface area contributed by atoms with Gasteiger partial charge in [0, 0.05) is 32.9 Å². The van der Waals surface area contributed by atoms with E-state index in [2.05, 4.69) is 15.7 Å². The summed E-state index contributed by atoms with van der Waals surface area (Å²) < 4.78 is 12.2. The first-order valence-electron chi connectivity index (χ1n) is 7.51. The Morgan fingerprint density at radius 1 is 1.45 bits per heavy atom. The summed E-state index contributed by atoms with van der Waals surface area (Å²) in [5, 5.41) is 10.3. The average Bonchev–Trinajstić information content (AvgIpc) is 2.78. The Labute approximate surface area is 132 Å². The van der Waals surface area contributed by atoms with Gasteiger partial charge >= 0.3 is 6.09 Å². The van der Waals surface area contributed by atoms with Crippen LogP contribution in [0.15, 0.2) is 12.4 Å². The van der Waals surface area contributed by atoms with E-state index in [1.54, 1.807) is 18.0 Å². The number of aryl methyl sites for hydroxylation is 1. The number of aromatic nitrogens is 2. The van der Waals surface area contributed by atoms with Crippen molar-refractivity contribution in [1.29, 1.82) is 0 Å². The molecule has 0 aliphatic rings. The third-order valence-corrected chi connectivity index (χ3v) is 2.84. The smallest absolute Gasteiger partial charge is 0.407 e. The summed E-state index contributed by atoms with van der Waals surface area (Å²) in [6.45, 7) is 6.71. The predicted molar refractivity (Wildman–Crippen MR) is 86.0 cm³/mol. The van der Waals surface area contributed by atoms with Crippen molar-refractivity contribution in [1.82, 2.24) is 15.1 Å². The molecule has 0 aliphatic heterocycles. The zero-order valence-electron chi connectivity index (χ0n) is 14.2. The Hall–Kier alpha value is -1.76. The summed E-state index contributed by atoms with van der Waals surface area (Å²) in [5.74, 6) is 0. The molecule has 1 atom stereocenters. The van der Waals surface area contributed by atoms with Crippen molar-refractivity contribution < 1.29 is 14.3 Å². The van der Waals surface area contributed by atoms with Gasteiger partial charge < -0.3 is 20.1 Å². The van der Waals surface area contributed by atoms with Crippen LogP contribution in [0.3, 0.4) is 0 Å². The Morgan fingerprint density at radius 3 is 2.73 bits per heavy atom. The van der Waals surface area contributed by atoms with Gasteiger partial charge in [0.1, 0.15) is 5.60 Å². The van der Waals surface area contributed by atoms with Gasteiger partial charge in [-0.05, 0) is 33.6 Å². The van der Waals surface area contributed by atoms with Gasteiger partial charge in [0.2, 0.25) is 0 Å². The summed E-state index contributed by atoms with van der Waals surface area (Å²) in [5.41, 5.74) is 0.495. The van der Waals surface area contributed by atoms with Crippen LogP contribution < -0.4 is 10.6 Å². The van der Waals surface area contributed by atoms with Gasteiger partial charge in [-0.15, -0.1) is 0 Å². The van der Waals surface area contributed by atoms with Crippen molar-refractivity contribution >= 4 is 11.8 Å². The molecule has 1 amide bonds. The summed E-state index contributed by atoms with van der Waals surface area (Å²) in [7, 11) is 3.55. The highest BCUT2D eigenvalue weighted by Gasteiger charge is 2.16. The Balaban J connectivity index is 2.28. The van der Waals surface area contributed by atoms with E-state index in [4.69, 9.17) is 9.47 Å². The monoisotopic (exact) mass is 312 g/mol. The standard InChI is InChI=1S/C15H28N4O3/c1-15(2,3)22-14(20)16-8-6-7-12(11-21-5)18-13-9-17-19(4)10-13/h9-10,12,18H,6-8,11H2,1-5H3,(H,16,20). The molecule has 0 bridgehead atoms. The zero-order chi connectivity index (χ0) is 16.6. The highest BCUT2D eigenvalue weighted by atomic mass is 16.6. The third-order valence-electron chi connectivity index (χ3n) is 2.84. The van der Waals surface area contributed by atoms with Gasteiger partial charge in [-0.3, -0.25) is 4.68 Å². The molecule has 2 N–H and O–H groups in total. The maximum atomic E-state index is 11.5. The van der Waals surface area contributed by atoms with Crippen LogP contribution in [0.4, 0.5) is 10.5 Å². The molecule has 0 spiro atoms. The van der Waals surface area contributed by atoms with Gasteiger partial charge in [-0.25, -0.2) is 4.79 Å². The number of nitrogens with one attached hydrogen (secondary N) is 2.